The molecule has 0 radical (unpaired) electrons. The Morgan fingerprint density at radius 3 is 2.91 bits per heavy atom. The van der Waals surface area contributed by atoms with Crippen LogP contribution in [-0.4, -0.2) is 27.9 Å². The third-order valence-electron chi connectivity index (χ3n) is 3.43. The molecule has 3 rings (SSSR count). The van der Waals surface area contributed by atoms with Gasteiger partial charge in [0.05, 0.1) is 11.4 Å². The average Bonchev–Trinajstić information content (AvgIpc) is 3.24. The molecule has 1 aliphatic carbocycles. The van der Waals surface area contributed by atoms with Crippen LogP contribution in [0.1, 0.15) is 40.6 Å². The molecule has 120 valence electrons. The second-order valence-electron chi connectivity index (χ2n) is 5.43. The van der Waals surface area contributed by atoms with Crippen molar-refractivity contribution >= 4 is 29.3 Å². The van der Waals surface area contributed by atoms with Crippen LogP contribution in [0.25, 0.3) is 0 Å². The molecule has 2 N–H and O–H groups in total. The normalized spacial score (nSPS) is 13.7. The lowest BCUT2D eigenvalue weighted by atomic mass is 10.2. The molecule has 6 nitrogen and oxygen atoms in total. The van der Waals surface area contributed by atoms with Gasteiger partial charge in [0.1, 0.15) is 0 Å². The van der Waals surface area contributed by atoms with Crippen LogP contribution in [0.15, 0.2) is 34.9 Å². The summed E-state index contributed by atoms with van der Waals surface area (Å²) in [6.07, 6.45) is 2.20. The Bertz CT molecular complexity index is 724. The number of thioether (sulfide) groups is 1. The van der Waals surface area contributed by atoms with E-state index in [2.05, 4.69) is 10.5 Å². The van der Waals surface area contributed by atoms with Crippen LogP contribution in [0.4, 0.5) is 5.69 Å². The van der Waals surface area contributed by atoms with Crippen LogP contribution >= 0.6 is 11.8 Å². The average molecular weight is 332 g/mol. The molecule has 23 heavy (non-hydrogen) atoms. The number of anilines is 1. The Hall–Kier alpha value is -2.28. The van der Waals surface area contributed by atoms with E-state index in [0.29, 0.717) is 17.4 Å². The van der Waals surface area contributed by atoms with Gasteiger partial charge in [-0.25, -0.2) is 0 Å². The van der Waals surface area contributed by atoms with Crippen molar-refractivity contribution in [2.45, 2.75) is 24.5 Å². The van der Waals surface area contributed by atoms with Crippen LogP contribution < -0.4 is 5.32 Å². The highest BCUT2D eigenvalue weighted by atomic mass is 32.2. The first-order valence-electron chi connectivity index (χ1n) is 7.28. The van der Waals surface area contributed by atoms with Gasteiger partial charge in [0, 0.05) is 23.4 Å². The predicted molar refractivity (Wildman–Crippen MR) is 86.7 cm³/mol. The van der Waals surface area contributed by atoms with E-state index in [0.717, 1.165) is 24.1 Å². The van der Waals surface area contributed by atoms with E-state index in [1.807, 2.05) is 18.2 Å². The first kappa shape index (κ1) is 15.6. The topological polar surface area (TPSA) is 92.4 Å². The van der Waals surface area contributed by atoms with Crippen LogP contribution in [0.2, 0.25) is 0 Å². The third kappa shape index (κ3) is 4.35. The smallest absolute Gasteiger partial charge is 0.313 e. The molecule has 0 atom stereocenters. The monoisotopic (exact) mass is 332 g/mol. The number of carbonyl (C=O) groups is 2. The van der Waals surface area contributed by atoms with Crippen LogP contribution in [0.5, 0.6) is 0 Å². The van der Waals surface area contributed by atoms with Gasteiger partial charge < -0.3 is 14.9 Å². The van der Waals surface area contributed by atoms with Gasteiger partial charge in [-0.05, 0) is 30.5 Å². The minimum Gasteiger partial charge on any atom is -0.481 e. The molecule has 1 aromatic heterocycles. The summed E-state index contributed by atoms with van der Waals surface area (Å²) < 4.78 is 5.09. The van der Waals surface area contributed by atoms with E-state index in [9.17, 15) is 9.59 Å². The second-order valence-corrected chi connectivity index (χ2v) is 6.42. The summed E-state index contributed by atoms with van der Waals surface area (Å²) in [6.45, 7) is 0. The number of hydrogen-bond donors (Lipinski definition) is 2. The van der Waals surface area contributed by atoms with E-state index >= 15 is 0 Å². The molecule has 0 unspecified atom stereocenters. The highest BCUT2D eigenvalue weighted by molar-refractivity contribution is 7.99. The number of benzene rings is 1. The van der Waals surface area contributed by atoms with Crippen molar-refractivity contribution in [2.24, 2.45) is 0 Å². The van der Waals surface area contributed by atoms with Crippen molar-refractivity contribution in [2.75, 3.05) is 11.1 Å². The molecular weight excluding hydrogens is 316 g/mol. The minimum atomic E-state index is -0.837. The molecule has 0 bridgehead atoms. The van der Waals surface area contributed by atoms with E-state index in [-0.39, 0.29) is 17.4 Å². The Morgan fingerprint density at radius 2 is 2.17 bits per heavy atom. The molecular formula is C16H16N2O4S. The first-order chi connectivity index (χ1) is 11.1. The molecule has 0 spiro atoms. The molecule has 0 aliphatic heterocycles. The summed E-state index contributed by atoms with van der Waals surface area (Å²) >= 11 is 1.31. The van der Waals surface area contributed by atoms with Gasteiger partial charge in [-0.2, -0.15) is 0 Å². The first-order valence-corrected chi connectivity index (χ1v) is 8.44. The van der Waals surface area contributed by atoms with Crippen molar-refractivity contribution < 1.29 is 19.2 Å². The molecule has 1 saturated carbocycles. The highest BCUT2D eigenvalue weighted by Gasteiger charge is 2.28. The molecule has 1 amide bonds. The zero-order valence-electron chi connectivity index (χ0n) is 12.3. The van der Waals surface area contributed by atoms with E-state index in [4.69, 9.17) is 9.63 Å². The number of rotatable bonds is 7. The number of nitrogens with zero attached hydrogens (tertiary/aromatic N) is 1. The lowest BCUT2D eigenvalue weighted by Gasteiger charge is -2.05. The van der Waals surface area contributed by atoms with Gasteiger partial charge in [0.15, 0.2) is 0 Å². The van der Waals surface area contributed by atoms with Gasteiger partial charge in [-0.1, -0.05) is 17.3 Å². The summed E-state index contributed by atoms with van der Waals surface area (Å²) in [5.41, 5.74) is 2.44. The SMILES string of the molecule is O=C(O)CSCc1cccc(NC(=O)c2cc(C3CC3)no2)c1. The third-order valence-corrected chi connectivity index (χ3v) is 4.42. The fourth-order valence-electron chi connectivity index (χ4n) is 2.16. The van der Waals surface area contributed by atoms with Crippen molar-refractivity contribution in [1.82, 2.24) is 5.16 Å². The van der Waals surface area contributed by atoms with Gasteiger partial charge >= 0.3 is 5.97 Å². The fraction of sp³-hybridized carbons (Fsp3) is 0.312. The number of carboxylic acids is 1. The zero-order valence-corrected chi connectivity index (χ0v) is 13.1. The van der Waals surface area contributed by atoms with Crippen LogP contribution in [0.3, 0.4) is 0 Å². The van der Waals surface area contributed by atoms with Gasteiger partial charge in [-0.15, -0.1) is 11.8 Å². The Balaban J connectivity index is 1.59. The van der Waals surface area contributed by atoms with Crippen LogP contribution in [0, 0.1) is 0 Å². The number of amides is 1. The second kappa shape index (κ2) is 6.87. The molecule has 2 aromatic rings. The summed E-state index contributed by atoms with van der Waals surface area (Å²) in [5.74, 6) is 0.103. The lowest BCUT2D eigenvalue weighted by Crippen LogP contribution is -2.11. The number of carboxylic acid groups (broad SMARTS) is 1. The maximum atomic E-state index is 12.2. The van der Waals surface area contributed by atoms with Crippen molar-refractivity contribution in [3.05, 3.63) is 47.3 Å². The van der Waals surface area contributed by atoms with Gasteiger partial charge in [0.25, 0.3) is 5.91 Å². The largest absolute Gasteiger partial charge is 0.481 e. The molecule has 1 heterocycles. The summed E-state index contributed by atoms with van der Waals surface area (Å²) in [5, 5.41) is 15.3. The van der Waals surface area contributed by atoms with Crippen molar-refractivity contribution in [1.29, 1.82) is 0 Å². The van der Waals surface area contributed by atoms with E-state index in [1.165, 1.54) is 11.8 Å². The quantitative estimate of drug-likeness (QED) is 0.809. The Labute approximate surface area is 137 Å². The number of aliphatic carboxylic acids is 1. The maximum Gasteiger partial charge on any atom is 0.313 e. The zero-order chi connectivity index (χ0) is 16.2. The molecule has 1 fully saturated rings. The summed E-state index contributed by atoms with van der Waals surface area (Å²) in [4.78, 5) is 22.7. The maximum absolute atomic E-state index is 12.2. The fourth-order valence-corrected chi connectivity index (χ4v) is 2.85. The number of aromatic nitrogens is 1. The predicted octanol–water partition coefficient (Wildman–Crippen LogP) is 3.12. The van der Waals surface area contributed by atoms with Gasteiger partial charge in [0.2, 0.25) is 5.76 Å². The Morgan fingerprint density at radius 1 is 1.35 bits per heavy atom. The molecule has 1 aliphatic rings. The minimum absolute atomic E-state index is 0.0542. The van der Waals surface area contributed by atoms with E-state index in [1.54, 1.807) is 12.1 Å². The number of hydrogen-bond acceptors (Lipinski definition) is 5. The summed E-state index contributed by atoms with van der Waals surface area (Å²) in [6, 6.07) is 9.01. The number of carbonyl (C=O) groups excluding carboxylic acids is 1. The highest BCUT2D eigenvalue weighted by Crippen LogP contribution is 2.39. The lowest BCUT2D eigenvalue weighted by molar-refractivity contribution is -0.133. The van der Waals surface area contributed by atoms with Crippen molar-refractivity contribution in [3.8, 4) is 0 Å². The molecule has 7 heteroatoms. The Kier molecular flexibility index (Phi) is 4.66. The van der Waals surface area contributed by atoms with Gasteiger partial charge in [-0.3, -0.25) is 9.59 Å². The van der Waals surface area contributed by atoms with Crippen molar-refractivity contribution in [3.63, 3.8) is 0 Å². The summed E-state index contributed by atoms with van der Waals surface area (Å²) in [7, 11) is 0. The van der Waals surface area contributed by atoms with Crippen LogP contribution in [-0.2, 0) is 10.5 Å². The standard InChI is InChI=1S/C16H16N2O4S/c19-15(20)9-23-8-10-2-1-3-12(6-10)17-16(21)14-7-13(18-22-14)11-4-5-11/h1-3,6-7,11H,4-5,8-9H2,(H,17,21)(H,19,20). The number of nitrogens with one attached hydrogen (secondary N) is 1. The van der Waals surface area contributed by atoms with E-state index < -0.39 is 5.97 Å². The molecule has 0 saturated heterocycles. The molecule has 1 aromatic carbocycles.